The fourth-order valence-corrected chi connectivity index (χ4v) is 2.79. The molecule has 4 nitrogen and oxygen atoms in total. The highest BCUT2D eigenvalue weighted by Gasteiger charge is 2.42. The van der Waals surface area contributed by atoms with Gasteiger partial charge in [-0.05, 0) is 38.1 Å². The number of hydrogen-bond donors (Lipinski definition) is 2. The van der Waals surface area contributed by atoms with Gasteiger partial charge < -0.3 is 10.2 Å². The Morgan fingerprint density at radius 1 is 1.25 bits per heavy atom. The van der Waals surface area contributed by atoms with Crippen LogP contribution >= 0.6 is 0 Å². The number of carboxylic acids is 1. The number of aliphatic carboxylic acids is 1. The Hall–Kier alpha value is -0.610. The Morgan fingerprint density at radius 2 is 2.00 bits per heavy atom. The zero-order valence-electron chi connectivity index (χ0n) is 9.64. The minimum Gasteiger partial charge on any atom is -0.480 e. The number of rotatable bonds is 4. The lowest BCUT2D eigenvalue weighted by molar-refractivity contribution is -0.145. The summed E-state index contributed by atoms with van der Waals surface area (Å²) >= 11 is 0. The normalized spacial score (nSPS) is 29.7. The van der Waals surface area contributed by atoms with E-state index in [1.54, 1.807) is 0 Å². The van der Waals surface area contributed by atoms with Crippen molar-refractivity contribution in [3.63, 3.8) is 0 Å². The largest absolute Gasteiger partial charge is 0.480 e. The molecular weight excluding hydrogens is 206 g/mol. The van der Waals surface area contributed by atoms with Crippen LogP contribution in [-0.4, -0.2) is 46.3 Å². The third-order valence-corrected chi connectivity index (χ3v) is 3.81. The van der Waals surface area contributed by atoms with Gasteiger partial charge in [0.05, 0.1) is 6.61 Å². The molecular formula is C12H21NO3. The highest BCUT2D eigenvalue weighted by atomic mass is 16.4. The van der Waals surface area contributed by atoms with Crippen molar-refractivity contribution in [2.75, 3.05) is 13.2 Å². The van der Waals surface area contributed by atoms with E-state index in [1.165, 1.54) is 0 Å². The number of carboxylic acid groups (broad SMARTS) is 1. The molecule has 2 aliphatic rings. The summed E-state index contributed by atoms with van der Waals surface area (Å²) in [6, 6.07) is -0.292. The third kappa shape index (κ3) is 2.55. The van der Waals surface area contributed by atoms with Crippen LogP contribution in [0.25, 0.3) is 0 Å². The van der Waals surface area contributed by atoms with Gasteiger partial charge in [0.2, 0.25) is 0 Å². The molecule has 1 heterocycles. The molecule has 4 heteroatoms. The van der Waals surface area contributed by atoms with Crippen molar-refractivity contribution in [2.45, 2.75) is 50.6 Å². The highest BCUT2D eigenvalue weighted by Crippen LogP contribution is 2.37. The topological polar surface area (TPSA) is 60.8 Å². The Kier molecular flexibility index (Phi) is 3.82. The van der Waals surface area contributed by atoms with Crippen LogP contribution in [0.4, 0.5) is 0 Å². The van der Waals surface area contributed by atoms with E-state index in [1.807, 2.05) is 4.90 Å². The molecule has 0 amide bonds. The summed E-state index contributed by atoms with van der Waals surface area (Å²) in [5.41, 5.74) is 0. The molecule has 2 fully saturated rings. The van der Waals surface area contributed by atoms with Gasteiger partial charge in [-0.3, -0.25) is 9.69 Å². The van der Waals surface area contributed by atoms with E-state index in [0.29, 0.717) is 5.92 Å². The second kappa shape index (κ2) is 5.15. The molecule has 2 N–H and O–H groups in total. The van der Waals surface area contributed by atoms with Crippen LogP contribution in [-0.2, 0) is 4.79 Å². The van der Waals surface area contributed by atoms with E-state index in [-0.39, 0.29) is 18.7 Å². The minimum atomic E-state index is -0.706. The van der Waals surface area contributed by atoms with Crippen molar-refractivity contribution >= 4 is 5.97 Å². The second-order valence-electron chi connectivity index (χ2n) is 5.04. The summed E-state index contributed by atoms with van der Waals surface area (Å²) in [4.78, 5) is 13.4. The first-order valence-corrected chi connectivity index (χ1v) is 6.33. The Bertz CT molecular complexity index is 253. The lowest BCUT2D eigenvalue weighted by atomic mass is 10.1. The van der Waals surface area contributed by atoms with E-state index in [0.717, 1.165) is 45.1 Å². The van der Waals surface area contributed by atoms with Crippen LogP contribution < -0.4 is 0 Å². The second-order valence-corrected chi connectivity index (χ2v) is 5.04. The number of carbonyl (C=O) groups is 1. The molecule has 0 aromatic carbocycles. The predicted molar refractivity (Wildman–Crippen MR) is 60.2 cm³/mol. The quantitative estimate of drug-likeness (QED) is 0.754. The van der Waals surface area contributed by atoms with Gasteiger partial charge in [0.1, 0.15) is 6.04 Å². The van der Waals surface area contributed by atoms with E-state index < -0.39 is 5.97 Å². The van der Waals surface area contributed by atoms with Crippen LogP contribution in [0.1, 0.15) is 38.5 Å². The molecule has 2 rings (SSSR count). The molecule has 1 saturated carbocycles. The van der Waals surface area contributed by atoms with Gasteiger partial charge in [-0.1, -0.05) is 12.8 Å². The first kappa shape index (κ1) is 11.9. The number of aliphatic hydroxyl groups excluding tert-OH is 1. The van der Waals surface area contributed by atoms with Crippen LogP contribution in [0.5, 0.6) is 0 Å². The van der Waals surface area contributed by atoms with Gasteiger partial charge >= 0.3 is 5.97 Å². The molecule has 92 valence electrons. The van der Waals surface area contributed by atoms with Crippen molar-refractivity contribution in [1.29, 1.82) is 0 Å². The molecule has 2 atom stereocenters. The SMILES string of the molecule is O=C(O)C(C1CC1)N1CCCCCC1CO. The fourth-order valence-electron chi connectivity index (χ4n) is 2.79. The molecule has 0 aromatic rings. The van der Waals surface area contributed by atoms with Crippen molar-refractivity contribution < 1.29 is 15.0 Å². The van der Waals surface area contributed by atoms with Crippen LogP contribution in [0, 0.1) is 5.92 Å². The summed E-state index contributed by atoms with van der Waals surface area (Å²) < 4.78 is 0. The van der Waals surface area contributed by atoms with E-state index in [4.69, 9.17) is 0 Å². The Morgan fingerprint density at radius 3 is 2.56 bits per heavy atom. The molecule has 1 saturated heterocycles. The summed E-state index contributed by atoms with van der Waals surface area (Å²) in [6.07, 6.45) is 6.33. The summed E-state index contributed by atoms with van der Waals surface area (Å²) in [7, 11) is 0. The minimum absolute atomic E-state index is 0.0594. The summed E-state index contributed by atoms with van der Waals surface area (Å²) in [5, 5.41) is 18.7. The van der Waals surface area contributed by atoms with Crippen molar-refractivity contribution in [3.05, 3.63) is 0 Å². The molecule has 1 aliphatic heterocycles. The zero-order chi connectivity index (χ0) is 11.5. The smallest absolute Gasteiger partial charge is 0.321 e. The fraction of sp³-hybridized carbons (Fsp3) is 0.917. The average Bonchev–Trinajstić information content (AvgIpc) is 3.05. The molecule has 1 aliphatic carbocycles. The number of aliphatic hydroxyl groups is 1. The van der Waals surface area contributed by atoms with Gasteiger partial charge in [-0.25, -0.2) is 0 Å². The molecule has 0 aromatic heterocycles. The van der Waals surface area contributed by atoms with Crippen LogP contribution in [0.15, 0.2) is 0 Å². The first-order chi connectivity index (χ1) is 7.74. The third-order valence-electron chi connectivity index (χ3n) is 3.81. The standard InChI is InChI=1S/C12H21NO3/c14-8-10-4-2-1-3-7-13(10)11(12(15)16)9-5-6-9/h9-11,14H,1-8H2,(H,15,16). The predicted octanol–water partition coefficient (Wildman–Crippen LogP) is 1.09. The van der Waals surface area contributed by atoms with Crippen molar-refractivity contribution in [3.8, 4) is 0 Å². The summed E-state index contributed by atoms with van der Waals surface area (Å²) in [6.45, 7) is 0.926. The molecule has 0 spiro atoms. The Labute approximate surface area is 96.3 Å². The van der Waals surface area contributed by atoms with Gasteiger partial charge in [-0.2, -0.15) is 0 Å². The van der Waals surface area contributed by atoms with Crippen molar-refractivity contribution in [1.82, 2.24) is 4.90 Å². The summed E-state index contributed by atoms with van der Waals surface area (Å²) in [5.74, 6) is -0.382. The first-order valence-electron chi connectivity index (χ1n) is 6.33. The lowest BCUT2D eigenvalue weighted by Gasteiger charge is -2.33. The highest BCUT2D eigenvalue weighted by molar-refractivity contribution is 5.74. The Balaban J connectivity index is 2.09. The van der Waals surface area contributed by atoms with Crippen molar-refractivity contribution in [2.24, 2.45) is 5.92 Å². The van der Waals surface area contributed by atoms with Gasteiger partial charge in [0.15, 0.2) is 0 Å². The number of likely N-dealkylation sites (tertiary alicyclic amines) is 1. The van der Waals surface area contributed by atoms with Crippen LogP contribution in [0.3, 0.4) is 0 Å². The van der Waals surface area contributed by atoms with Crippen LogP contribution in [0.2, 0.25) is 0 Å². The molecule has 16 heavy (non-hydrogen) atoms. The zero-order valence-corrected chi connectivity index (χ0v) is 9.64. The molecule has 2 unspecified atom stereocenters. The maximum atomic E-state index is 11.3. The monoisotopic (exact) mass is 227 g/mol. The van der Waals surface area contributed by atoms with E-state index in [2.05, 4.69) is 0 Å². The molecule has 0 bridgehead atoms. The number of nitrogens with zero attached hydrogens (tertiary/aromatic N) is 1. The van der Waals surface area contributed by atoms with E-state index in [9.17, 15) is 15.0 Å². The average molecular weight is 227 g/mol. The van der Waals surface area contributed by atoms with Gasteiger partial charge in [0.25, 0.3) is 0 Å². The maximum absolute atomic E-state index is 11.3. The molecule has 0 radical (unpaired) electrons. The van der Waals surface area contributed by atoms with Gasteiger partial charge in [0, 0.05) is 6.04 Å². The van der Waals surface area contributed by atoms with Gasteiger partial charge in [-0.15, -0.1) is 0 Å². The lowest BCUT2D eigenvalue weighted by Crippen LogP contribution is -2.49. The van der Waals surface area contributed by atoms with E-state index >= 15 is 0 Å². The number of hydrogen-bond acceptors (Lipinski definition) is 3. The maximum Gasteiger partial charge on any atom is 0.321 e.